The van der Waals surface area contributed by atoms with Crippen molar-refractivity contribution in [3.8, 4) is 5.75 Å². The van der Waals surface area contributed by atoms with Gasteiger partial charge in [0.1, 0.15) is 5.82 Å². The Hall–Kier alpha value is -1.65. The van der Waals surface area contributed by atoms with Crippen molar-refractivity contribution in [2.75, 3.05) is 14.2 Å². The lowest BCUT2D eigenvalue weighted by atomic mass is 9.98. The van der Waals surface area contributed by atoms with E-state index in [1.807, 2.05) is 0 Å². The Morgan fingerprint density at radius 3 is 2.55 bits per heavy atom. The molecule has 2 aromatic rings. The highest BCUT2D eigenvalue weighted by atomic mass is 35.5. The van der Waals surface area contributed by atoms with Crippen LogP contribution >= 0.6 is 11.6 Å². The first-order valence-electron chi connectivity index (χ1n) is 6.03. The van der Waals surface area contributed by atoms with Crippen molar-refractivity contribution in [1.29, 1.82) is 0 Å². The molecule has 0 fully saturated rings. The lowest BCUT2D eigenvalue weighted by Gasteiger charge is -2.19. The summed E-state index contributed by atoms with van der Waals surface area (Å²) in [5.74, 6) is -0.852. The summed E-state index contributed by atoms with van der Waals surface area (Å²) >= 11 is 5.66. The summed E-state index contributed by atoms with van der Waals surface area (Å²) in [6.07, 6.45) is 0. The van der Waals surface area contributed by atoms with Gasteiger partial charge in [-0.1, -0.05) is 29.8 Å². The predicted octanol–water partition coefficient (Wildman–Crippen LogP) is 3.94. The molecule has 1 N–H and O–H groups in total. The van der Waals surface area contributed by atoms with E-state index in [0.717, 1.165) is 0 Å². The van der Waals surface area contributed by atoms with E-state index < -0.39 is 17.7 Å². The topological polar surface area (TPSA) is 21.3 Å². The zero-order valence-electron chi connectivity index (χ0n) is 11.1. The van der Waals surface area contributed by atoms with Crippen LogP contribution in [0.4, 0.5) is 8.78 Å². The van der Waals surface area contributed by atoms with Crippen molar-refractivity contribution in [2.24, 2.45) is 0 Å². The summed E-state index contributed by atoms with van der Waals surface area (Å²) < 4.78 is 32.8. The van der Waals surface area contributed by atoms with Gasteiger partial charge in [-0.25, -0.2) is 8.78 Å². The number of halogens is 3. The minimum Gasteiger partial charge on any atom is -0.494 e. The molecule has 0 radical (unpaired) electrons. The van der Waals surface area contributed by atoms with E-state index in [9.17, 15) is 8.78 Å². The Kier molecular flexibility index (Phi) is 4.57. The van der Waals surface area contributed by atoms with Gasteiger partial charge >= 0.3 is 0 Å². The van der Waals surface area contributed by atoms with Crippen molar-refractivity contribution in [2.45, 2.75) is 6.04 Å². The SMILES string of the molecule is CNC(c1ccc(Cl)c(F)c1)c1cccc(OC)c1F. The van der Waals surface area contributed by atoms with Crippen molar-refractivity contribution in [3.05, 3.63) is 64.2 Å². The first-order valence-corrected chi connectivity index (χ1v) is 6.41. The Balaban J connectivity index is 2.49. The molecule has 0 aliphatic heterocycles. The van der Waals surface area contributed by atoms with Crippen molar-refractivity contribution >= 4 is 11.6 Å². The molecule has 0 saturated heterocycles. The molecular weight excluding hydrogens is 284 g/mol. The highest BCUT2D eigenvalue weighted by molar-refractivity contribution is 6.30. The average Bonchev–Trinajstić information content (AvgIpc) is 2.45. The van der Waals surface area contributed by atoms with Gasteiger partial charge in [-0.2, -0.15) is 0 Å². The summed E-state index contributed by atoms with van der Waals surface area (Å²) in [7, 11) is 3.08. The van der Waals surface area contributed by atoms with Gasteiger partial charge in [0.05, 0.1) is 18.2 Å². The maximum Gasteiger partial charge on any atom is 0.170 e. The van der Waals surface area contributed by atoms with Crippen LogP contribution in [0.5, 0.6) is 5.75 Å². The molecule has 2 nitrogen and oxygen atoms in total. The van der Waals surface area contributed by atoms with Gasteiger partial charge in [-0.05, 0) is 30.8 Å². The van der Waals surface area contributed by atoms with Gasteiger partial charge < -0.3 is 10.1 Å². The molecule has 0 aliphatic rings. The van der Waals surface area contributed by atoms with Gasteiger partial charge in [-0.3, -0.25) is 0 Å². The molecule has 2 aromatic carbocycles. The van der Waals surface area contributed by atoms with Crippen LogP contribution in [0.3, 0.4) is 0 Å². The molecule has 0 amide bonds. The van der Waals surface area contributed by atoms with Crippen LogP contribution in [-0.4, -0.2) is 14.2 Å². The van der Waals surface area contributed by atoms with E-state index in [-0.39, 0.29) is 10.8 Å². The van der Waals surface area contributed by atoms with E-state index >= 15 is 0 Å². The van der Waals surface area contributed by atoms with E-state index in [2.05, 4.69) is 5.32 Å². The number of hydrogen-bond donors (Lipinski definition) is 1. The fourth-order valence-electron chi connectivity index (χ4n) is 2.10. The number of methoxy groups -OCH3 is 1. The Morgan fingerprint density at radius 2 is 1.95 bits per heavy atom. The number of rotatable bonds is 4. The lowest BCUT2D eigenvalue weighted by Crippen LogP contribution is -2.19. The van der Waals surface area contributed by atoms with Crippen LogP contribution in [0.25, 0.3) is 0 Å². The quantitative estimate of drug-likeness (QED) is 0.923. The zero-order valence-corrected chi connectivity index (χ0v) is 11.8. The van der Waals surface area contributed by atoms with Crippen molar-refractivity contribution in [3.63, 3.8) is 0 Å². The standard InChI is InChI=1S/C15H14ClF2NO/c1-19-15(9-6-7-11(16)12(17)8-9)10-4-3-5-13(20-2)14(10)18/h3-8,15,19H,1-2H3. The van der Waals surface area contributed by atoms with E-state index in [1.54, 1.807) is 25.2 Å². The largest absolute Gasteiger partial charge is 0.494 e. The van der Waals surface area contributed by atoms with Crippen LogP contribution in [0, 0.1) is 11.6 Å². The molecule has 1 atom stereocenters. The summed E-state index contributed by atoms with van der Waals surface area (Å²) in [4.78, 5) is 0. The maximum atomic E-state index is 14.3. The third-order valence-corrected chi connectivity index (χ3v) is 3.40. The van der Waals surface area contributed by atoms with Crippen LogP contribution in [-0.2, 0) is 0 Å². The van der Waals surface area contributed by atoms with Crippen molar-refractivity contribution < 1.29 is 13.5 Å². The first-order chi connectivity index (χ1) is 9.58. The predicted molar refractivity (Wildman–Crippen MR) is 75.3 cm³/mol. The second kappa shape index (κ2) is 6.20. The average molecular weight is 298 g/mol. The van der Waals surface area contributed by atoms with Crippen LogP contribution in [0.2, 0.25) is 5.02 Å². The Bertz CT molecular complexity index is 619. The Morgan fingerprint density at radius 1 is 1.20 bits per heavy atom. The number of benzene rings is 2. The Labute approximate surface area is 121 Å². The van der Waals surface area contributed by atoms with Crippen molar-refractivity contribution in [1.82, 2.24) is 5.32 Å². The number of ether oxygens (including phenoxy) is 1. The van der Waals surface area contributed by atoms with Gasteiger partial charge in [0, 0.05) is 5.56 Å². The summed E-state index contributed by atoms with van der Waals surface area (Å²) in [6.45, 7) is 0. The molecular formula is C15H14ClF2NO. The normalized spacial score (nSPS) is 12.2. The second-order valence-electron chi connectivity index (χ2n) is 4.26. The van der Waals surface area contributed by atoms with Gasteiger partial charge in [0.15, 0.2) is 11.6 Å². The zero-order chi connectivity index (χ0) is 14.7. The van der Waals surface area contributed by atoms with Crippen LogP contribution < -0.4 is 10.1 Å². The minimum atomic E-state index is -0.535. The van der Waals surface area contributed by atoms with Crippen LogP contribution in [0.15, 0.2) is 36.4 Å². The smallest absolute Gasteiger partial charge is 0.170 e. The monoisotopic (exact) mass is 297 g/mol. The highest BCUT2D eigenvalue weighted by Gasteiger charge is 2.19. The number of hydrogen-bond acceptors (Lipinski definition) is 2. The molecule has 0 saturated carbocycles. The van der Waals surface area contributed by atoms with Gasteiger partial charge in [0.25, 0.3) is 0 Å². The first kappa shape index (κ1) is 14.8. The summed E-state index contributed by atoms with van der Waals surface area (Å²) in [5.41, 5.74) is 0.968. The molecule has 0 heterocycles. The molecule has 20 heavy (non-hydrogen) atoms. The van der Waals surface area contributed by atoms with Gasteiger partial charge in [0.2, 0.25) is 0 Å². The third-order valence-electron chi connectivity index (χ3n) is 3.09. The molecule has 0 aliphatic carbocycles. The molecule has 0 spiro atoms. The second-order valence-corrected chi connectivity index (χ2v) is 4.67. The lowest BCUT2D eigenvalue weighted by molar-refractivity contribution is 0.382. The number of nitrogens with one attached hydrogen (secondary N) is 1. The minimum absolute atomic E-state index is 0.0368. The van der Waals surface area contributed by atoms with E-state index in [4.69, 9.17) is 16.3 Å². The molecule has 106 valence electrons. The third kappa shape index (κ3) is 2.76. The fraction of sp³-hybridized carbons (Fsp3) is 0.200. The van der Waals surface area contributed by atoms with E-state index in [1.165, 1.54) is 25.3 Å². The molecule has 0 bridgehead atoms. The fourth-order valence-corrected chi connectivity index (χ4v) is 2.22. The maximum absolute atomic E-state index is 14.3. The molecule has 0 aromatic heterocycles. The summed E-state index contributed by atoms with van der Waals surface area (Å²) in [6, 6.07) is 8.77. The van der Waals surface area contributed by atoms with Crippen LogP contribution in [0.1, 0.15) is 17.2 Å². The van der Waals surface area contributed by atoms with Gasteiger partial charge in [-0.15, -0.1) is 0 Å². The summed E-state index contributed by atoms with van der Waals surface area (Å²) in [5, 5.41) is 3.00. The molecule has 1 unspecified atom stereocenters. The molecule has 2 rings (SSSR count). The highest BCUT2D eigenvalue weighted by Crippen LogP contribution is 2.30. The van der Waals surface area contributed by atoms with E-state index in [0.29, 0.717) is 11.1 Å². The molecule has 5 heteroatoms.